The smallest absolute Gasteiger partial charge is 0.310 e. The van der Waals surface area contributed by atoms with Gasteiger partial charge in [-0.2, -0.15) is 0 Å². The first-order chi connectivity index (χ1) is 10.1. The summed E-state index contributed by atoms with van der Waals surface area (Å²) in [6.45, 7) is 2.88. The Balaban J connectivity index is 2.75. The number of rotatable bonds is 8. The van der Waals surface area contributed by atoms with E-state index in [0.717, 1.165) is 38.5 Å². The van der Waals surface area contributed by atoms with Crippen LogP contribution in [0.15, 0.2) is 0 Å². The molecular formula is C16H29NO4. The van der Waals surface area contributed by atoms with E-state index in [0.29, 0.717) is 25.9 Å². The Labute approximate surface area is 127 Å². The molecule has 0 saturated heterocycles. The SMILES string of the molecule is CCCCN(CCO)C(=O)CC1(C(=O)O)CCCCCC1. The maximum atomic E-state index is 12.5. The van der Waals surface area contributed by atoms with E-state index in [1.165, 1.54) is 0 Å². The third kappa shape index (κ3) is 5.30. The zero-order chi connectivity index (χ0) is 15.7. The fourth-order valence-corrected chi connectivity index (χ4v) is 3.10. The Morgan fingerprint density at radius 1 is 1.10 bits per heavy atom. The zero-order valence-electron chi connectivity index (χ0n) is 13.1. The van der Waals surface area contributed by atoms with Crippen molar-refractivity contribution in [3.8, 4) is 0 Å². The van der Waals surface area contributed by atoms with Crippen molar-refractivity contribution in [1.29, 1.82) is 0 Å². The van der Waals surface area contributed by atoms with E-state index in [-0.39, 0.29) is 18.9 Å². The lowest BCUT2D eigenvalue weighted by Crippen LogP contribution is -2.41. The maximum absolute atomic E-state index is 12.5. The summed E-state index contributed by atoms with van der Waals surface area (Å²) >= 11 is 0. The molecule has 0 bridgehead atoms. The number of aliphatic hydroxyl groups excluding tert-OH is 1. The summed E-state index contributed by atoms with van der Waals surface area (Å²) in [4.78, 5) is 25.8. The fraction of sp³-hybridized carbons (Fsp3) is 0.875. The van der Waals surface area contributed by atoms with E-state index >= 15 is 0 Å². The van der Waals surface area contributed by atoms with E-state index < -0.39 is 11.4 Å². The number of nitrogens with zero attached hydrogens (tertiary/aromatic N) is 1. The van der Waals surface area contributed by atoms with E-state index in [4.69, 9.17) is 5.11 Å². The predicted octanol–water partition coefficient (Wildman–Crippen LogP) is 2.42. The lowest BCUT2D eigenvalue weighted by Gasteiger charge is -2.31. The summed E-state index contributed by atoms with van der Waals surface area (Å²) in [5.74, 6) is -0.959. The molecule has 0 radical (unpaired) electrons. The second kappa shape index (κ2) is 9.03. The quantitative estimate of drug-likeness (QED) is 0.675. The number of hydrogen-bond acceptors (Lipinski definition) is 3. The predicted molar refractivity (Wildman–Crippen MR) is 81.0 cm³/mol. The van der Waals surface area contributed by atoms with Crippen LogP contribution in [0.3, 0.4) is 0 Å². The Bertz CT molecular complexity index is 335. The second-order valence-electron chi connectivity index (χ2n) is 6.13. The summed E-state index contributed by atoms with van der Waals surface area (Å²) in [6, 6.07) is 0. The van der Waals surface area contributed by atoms with E-state index in [9.17, 15) is 14.7 Å². The topological polar surface area (TPSA) is 77.8 Å². The van der Waals surface area contributed by atoms with E-state index in [2.05, 4.69) is 0 Å². The molecule has 0 aromatic heterocycles. The van der Waals surface area contributed by atoms with Crippen molar-refractivity contribution in [3.05, 3.63) is 0 Å². The largest absolute Gasteiger partial charge is 0.481 e. The number of aliphatic hydroxyl groups is 1. The van der Waals surface area contributed by atoms with Crippen LogP contribution < -0.4 is 0 Å². The first-order valence-corrected chi connectivity index (χ1v) is 8.18. The third-order valence-corrected chi connectivity index (χ3v) is 4.51. The van der Waals surface area contributed by atoms with Gasteiger partial charge in [-0.25, -0.2) is 0 Å². The van der Waals surface area contributed by atoms with Crippen LogP contribution in [-0.2, 0) is 9.59 Å². The molecule has 2 N–H and O–H groups in total. The van der Waals surface area contributed by atoms with Gasteiger partial charge in [0.1, 0.15) is 0 Å². The van der Waals surface area contributed by atoms with Gasteiger partial charge >= 0.3 is 5.97 Å². The number of amides is 1. The summed E-state index contributed by atoms with van der Waals surface area (Å²) in [6.07, 6.45) is 6.99. The molecule has 1 amide bonds. The Morgan fingerprint density at radius 2 is 1.71 bits per heavy atom. The Hall–Kier alpha value is -1.10. The monoisotopic (exact) mass is 299 g/mol. The number of carboxylic acid groups (broad SMARTS) is 1. The molecule has 21 heavy (non-hydrogen) atoms. The third-order valence-electron chi connectivity index (χ3n) is 4.51. The summed E-state index contributed by atoms with van der Waals surface area (Å²) in [5.41, 5.74) is -0.895. The highest BCUT2D eigenvalue weighted by Gasteiger charge is 2.41. The van der Waals surface area contributed by atoms with Crippen LogP contribution in [0.5, 0.6) is 0 Å². The van der Waals surface area contributed by atoms with Gasteiger partial charge in [0.2, 0.25) is 5.91 Å². The fourth-order valence-electron chi connectivity index (χ4n) is 3.10. The van der Waals surface area contributed by atoms with Gasteiger partial charge in [-0.05, 0) is 19.3 Å². The summed E-state index contributed by atoms with van der Waals surface area (Å²) in [7, 11) is 0. The molecule has 1 aliphatic carbocycles. The number of carbonyl (C=O) groups is 2. The van der Waals surface area contributed by atoms with E-state index in [1.54, 1.807) is 4.90 Å². The second-order valence-corrected chi connectivity index (χ2v) is 6.13. The molecule has 1 rings (SSSR count). The lowest BCUT2D eigenvalue weighted by molar-refractivity contribution is -0.155. The molecule has 122 valence electrons. The normalized spacial score (nSPS) is 18.0. The van der Waals surface area contributed by atoms with Crippen LogP contribution in [0.4, 0.5) is 0 Å². The number of aliphatic carboxylic acids is 1. The van der Waals surface area contributed by atoms with Crippen LogP contribution >= 0.6 is 0 Å². The highest BCUT2D eigenvalue weighted by atomic mass is 16.4. The number of unbranched alkanes of at least 4 members (excludes halogenated alkanes) is 1. The molecule has 1 aliphatic rings. The lowest BCUT2D eigenvalue weighted by atomic mass is 9.77. The maximum Gasteiger partial charge on any atom is 0.310 e. The molecule has 5 heteroatoms. The number of hydrogen-bond donors (Lipinski definition) is 2. The van der Waals surface area contributed by atoms with Gasteiger partial charge in [-0.3, -0.25) is 9.59 Å². The highest BCUT2D eigenvalue weighted by molar-refractivity contribution is 5.85. The average molecular weight is 299 g/mol. The van der Waals surface area contributed by atoms with Gasteiger partial charge in [-0.15, -0.1) is 0 Å². The minimum atomic E-state index is -0.895. The van der Waals surface area contributed by atoms with Crippen LogP contribution in [0.2, 0.25) is 0 Å². The van der Waals surface area contributed by atoms with Crippen LogP contribution in [0.25, 0.3) is 0 Å². The molecular weight excluding hydrogens is 270 g/mol. The molecule has 0 spiro atoms. The van der Waals surface area contributed by atoms with Crippen molar-refractivity contribution in [2.75, 3.05) is 19.7 Å². The minimum absolute atomic E-state index is 0.0739. The van der Waals surface area contributed by atoms with Crippen molar-refractivity contribution < 1.29 is 19.8 Å². The molecule has 0 aromatic carbocycles. The zero-order valence-corrected chi connectivity index (χ0v) is 13.1. The first kappa shape index (κ1) is 18.0. The van der Waals surface area contributed by atoms with Gasteiger partial charge in [0.05, 0.1) is 12.0 Å². The molecule has 0 aliphatic heterocycles. The summed E-state index contributed by atoms with van der Waals surface area (Å²) in [5, 5.41) is 18.7. The van der Waals surface area contributed by atoms with Crippen molar-refractivity contribution in [2.24, 2.45) is 5.41 Å². The van der Waals surface area contributed by atoms with E-state index in [1.807, 2.05) is 6.92 Å². The first-order valence-electron chi connectivity index (χ1n) is 8.18. The van der Waals surface area contributed by atoms with Crippen molar-refractivity contribution in [1.82, 2.24) is 4.90 Å². The average Bonchev–Trinajstić information content (AvgIpc) is 2.70. The van der Waals surface area contributed by atoms with Gasteiger partial charge in [0.15, 0.2) is 0 Å². The Morgan fingerprint density at radius 3 is 2.19 bits per heavy atom. The molecule has 0 heterocycles. The Kier molecular flexibility index (Phi) is 7.72. The van der Waals surface area contributed by atoms with Crippen molar-refractivity contribution in [3.63, 3.8) is 0 Å². The molecule has 0 atom stereocenters. The molecule has 5 nitrogen and oxygen atoms in total. The molecule has 1 saturated carbocycles. The van der Waals surface area contributed by atoms with Gasteiger partial charge in [-0.1, -0.05) is 39.0 Å². The van der Waals surface area contributed by atoms with Crippen LogP contribution in [-0.4, -0.2) is 46.7 Å². The molecule has 0 aromatic rings. The summed E-state index contributed by atoms with van der Waals surface area (Å²) < 4.78 is 0. The number of carbonyl (C=O) groups excluding carboxylic acids is 1. The minimum Gasteiger partial charge on any atom is -0.481 e. The van der Waals surface area contributed by atoms with Crippen LogP contribution in [0, 0.1) is 5.41 Å². The van der Waals surface area contributed by atoms with Gasteiger partial charge in [0.25, 0.3) is 0 Å². The van der Waals surface area contributed by atoms with Crippen molar-refractivity contribution in [2.45, 2.75) is 64.7 Å². The molecule has 1 fully saturated rings. The number of carboxylic acids is 1. The highest BCUT2D eigenvalue weighted by Crippen LogP contribution is 2.39. The van der Waals surface area contributed by atoms with Gasteiger partial charge in [0, 0.05) is 19.5 Å². The van der Waals surface area contributed by atoms with Crippen LogP contribution in [0.1, 0.15) is 64.7 Å². The van der Waals surface area contributed by atoms with Gasteiger partial charge < -0.3 is 15.1 Å². The molecule has 0 unspecified atom stereocenters. The standard InChI is InChI=1S/C16H29NO4/c1-2-3-10-17(11-12-18)14(19)13-16(15(20)21)8-6-4-5-7-9-16/h18H,2-13H2,1H3,(H,20,21). The van der Waals surface area contributed by atoms with Crippen molar-refractivity contribution >= 4 is 11.9 Å².